The number of nitrogens with zero attached hydrogens (tertiary/aromatic N) is 1. The van der Waals surface area contributed by atoms with Gasteiger partial charge in [0.05, 0.1) is 17.4 Å². The van der Waals surface area contributed by atoms with Crippen molar-refractivity contribution in [3.8, 4) is 11.5 Å². The van der Waals surface area contributed by atoms with Gasteiger partial charge in [0.2, 0.25) is 17.7 Å². The van der Waals surface area contributed by atoms with Crippen LogP contribution in [-0.2, 0) is 19.9 Å². The molecule has 0 bridgehead atoms. The van der Waals surface area contributed by atoms with E-state index in [4.69, 9.17) is 9.47 Å². The average molecular weight is 386 g/mol. The normalized spacial score (nSPS) is 24.1. The third-order valence-electron chi connectivity index (χ3n) is 5.95. The molecule has 1 aromatic rings. The van der Waals surface area contributed by atoms with Gasteiger partial charge in [-0.3, -0.25) is 19.3 Å². The Morgan fingerprint density at radius 2 is 1.68 bits per heavy atom. The lowest BCUT2D eigenvalue weighted by atomic mass is 9.81. The predicted octanol–water partition coefficient (Wildman–Crippen LogP) is 1.98. The van der Waals surface area contributed by atoms with Crippen molar-refractivity contribution in [1.29, 1.82) is 0 Å². The van der Waals surface area contributed by atoms with E-state index in [1.807, 2.05) is 32.0 Å². The number of hydrogen-bond acceptors (Lipinski definition) is 5. The fraction of sp³-hybridized carbons (Fsp3) is 0.571. The van der Waals surface area contributed by atoms with Crippen LogP contribution in [0.5, 0.6) is 11.5 Å². The molecule has 1 aromatic carbocycles. The van der Waals surface area contributed by atoms with Gasteiger partial charge in [-0.2, -0.15) is 0 Å². The van der Waals surface area contributed by atoms with E-state index in [1.165, 1.54) is 0 Å². The highest BCUT2D eigenvalue weighted by molar-refractivity contribution is 6.07. The number of imide groups is 1. The second-order valence-electron chi connectivity index (χ2n) is 8.29. The molecule has 1 aliphatic carbocycles. The first kappa shape index (κ1) is 18.8. The second kappa shape index (κ2) is 7.11. The largest absolute Gasteiger partial charge is 0.486 e. The van der Waals surface area contributed by atoms with Crippen molar-refractivity contribution in [1.82, 2.24) is 10.2 Å². The number of ether oxygens (including phenoxy) is 2. The predicted molar refractivity (Wildman–Crippen MR) is 101 cm³/mol. The van der Waals surface area contributed by atoms with Crippen LogP contribution in [0.4, 0.5) is 0 Å². The first-order valence-electron chi connectivity index (χ1n) is 9.93. The monoisotopic (exact) mass is 386 g/mol. The summed E-state index contributed by atoms with van der Waals surface area (Å²) in [6.45, 7) is 4.54. The molecule has 7 heteroatoms. The minimum atomic E-state index is -0.689. The average Bonchev–Trinajstić information content (AvgIpc) is 2.92. The van der Waals surface area contributed by atoms with Gasteiger partial charge < -0.3 is 14.8 Å². The summed E-state index contributed by atoms with van der Waals surface area (Å²) in [5.74, 6) is 0.136. The van der Waals surface area contributed by atoms with Crippen molar-refractivity contribution in [3.05, 3.63) is 23.8 Å². The Hall–Kier alpha value is -2.57. The van der Waals surface area contributed by atoms with E-state index in [2.05, 4.69) is 5.32 Å². The third kappa shape index (κ3) is 3.34. The van der Waals surface area contributed by atoms with E-state index >= 15 is 0 Å². The minimum Gasteiger partial charge on any atom is -0.486 e. The maximum absolute atomic E-state index is 12.7. The molecule has 0 spiro atoms. The summed E-state index contributed by atoms with van der Waals surface area (Å²) in [4.78, 5) is 39.0. The highest BCUT2D eigenvalue weighted by atomic mass is 16.6. The molecule has 28 heavy (non-hydrogen) atoms. The number of amides is 3. The molecule has 0 aromatic heterocycles. The van der Waals surface area contributed by atoms with Gasteiger partial charge in [0, 0.05) is 0 Å². The summed E-state index contributed by atoms with van der Waals surface area (Å²) in [7, 11) is 0. The summed E-state index contributed by atoms with van der Waals surface area (Å²) in [5.41, 5.74) is 0.170. The molecule has 2 unspecified atom stereocenters. The number of benzene rings is 1. The molecule has 1 N–H and O–H groups in total. The fourth-order valence-corrected chi connectivity index (χ4v) is 4.42. The van der Waals surface area contributed by atoms with Crippen LogP contribution in [0.3, 0.4) is 0 Å². The zero-order valence-electron chi connectivity index (χ0n) is 16.3. The molecule has 7 nitrogen and oxygen atoms in total. The first-order chi connectivity index (χ1) is 13.4. The Morgan fingerprint density at radius 3 is 2.32 bits per heavy atom. The molecule has 2 heterocycles. The first-order valence-corrected chi connectivity index (χ1v) is 9.93. The highest BCUT2D eigenvalue weighted by Gasteiger charge is 2.48. The van der Waals surface area contributed by atoms with Gasteiger partial charge in [-0.05, 0) is 44.4 Å². The Kier molecular flexibility index (Phi) is 4.77. The van der Waals surface area contributed by atoms with Crippen molar-refractivity contribution in [2.75, 3.05) is 19.8 Å². The van der Waals surface area contributed by atoms with E-state index in [0.29, 0.717) is 24.7 Å². The maximum atomic E-state index is 12.7. The zero-order chi connectivity index (χ0) is 19.9. The molecule has 0 radical (unpaired) electrons. The van der Waals surface area contributed by atoms with Crippen LogP contribution in [0.25, 0.3) is 0 Å². The van der Waals surface area contributed by atoms with E-state index < -0.39 is 5.54 Å². The molecule has 2 fully saturated rings. The molecule has 2 aliphatic heterocycles. The van der Waals surface area contributed by atoms with Gasteiger partial charge in [-0.1, -0.05) is 18.9 Å². The van der Waals surface area contributed by atoms with Gasteiger partial charge in [-0.25, -0.2) is 0 Å². The summed E-state index contributed by atoms with van der Waals surface area (Å²) in [5, 5.41) is 2.95. The molecule has 1 saturated heterocycles. The van der Waals surface area contributed by atoms with Crippen molar-refractivity contribution >= 4 is 17.7 Å². The van der Waals surface area contributed by atoms with E-state index in [1.54, 1.807) is 0 Å². The Balaban J connectivity index is 1.44. The molecule has 150 valence electrons. The molecule has 1 saturated carbocycles. The molecular formula is C21H26N2O5. The van der Waals surface area contributed by atoms with Crippen LogP contribution < -0.4 is 14.8 Å². The number of nitrogens with one attached hydrogen (secondary N) is 1. The smallest absolute Gasteiger partial charge is 0.240 e. The highest BCUT2D eigenvalue weighted by Crippen LogP contribution is 2.38. The minimum absolute atomic E-state index is 0.193. The molecule has 4 rings (SSSR count). The maximum Gasteiger partial charge on any atom is 0.240 e. The van der Waals surface area contributed by atoms with Crippen LogP contribution in [0, 0.1) is 11.8 Å². The van der Waals surface area contributed by atoms with E-state index in [9.17, 15) is 14.4 Å². The van der Waals surface area contributed by atoms with Crippen LogP contribution in [0.2, 0.25) is 0 Å². The zero-order valence-corrected chi connectivity index (χ0v) is 16.3. The van der Waals surface area contributed by atoms with Gasteiger partial charge in [-0.15, -0.1) is 0 Å². The van der Waals surface area contributed by atoms with Crippen molar-refractivity contribution in [2.24, 2.45) is 11.8 Å². The SMILES string of the molecule is CC(C)(NC(=O)CN1C(=O)C2CCCCC2C1=O)c1ccc2c(c1)OCCO2. The third-order valence-corrected chi connectivity index (χ3v) is 5.95. The molecule has 2 atom stereocenters. The number of hydrogen-bond donors (Lipinski definition) is 1. The van der Waals surface area contributed by atoms with Crippen LogP contribution in [0.1, 0.15) is 45.1 Å². The summed E-state index contributed by atoms with van der Waals surface area (Å²) >= 11 is 0. The Morgan fingerprint density at radius 1 is 1.07 bits per heavy atom. The lowest BCUT2D eigenvalue weighted by Gasteiger charge is -2.29. The summed E-state index contributed by atoms with van der Waals surface area (Å²) < 4.78 is 11.2. The topological polar surface area (TPSA) is 84.9 Å². The van der Waals surface area contributed by atoms with Gasteiger partial charge >= 0.3 is 0 Å². The number of carbonyl (C=O) groups excluding carboxylic acids is 3. The second-order valence-corrected chi connectivity index (χ2v) is 8.29. The lowest BCUT2D eigenvalue weighted by molar-refractivity contribution is -0.144. The molecular weight excluding hydrogens is 360 g/mol. The summed E-state index contributed by atoms with van der Waals surface area (Å²) in [6.07, 6.45) is 3.43. The van der Waals surface area contributed by atoms with Crippen molar-refractivity contribution < 1.29 is 23.9 Å². The van der Waals surface area contributed by atoms with Crippen LogP contribution >= 0.6 is 0 Å². The van der Waals surface area contributed by atoms with Crippen LogP contribution in [-0.4, -0.2) is 42.4 Å². The van der Waals surface area contributed by atoms with E-state index in [0.717, 1.165) is 36.1 Å². The molecule has 3 amide bonds. The number of rotatable bonds is 4. The van der Waals surface area contributed by atoms with Crippen LogP contribution in [0.15, 0.2) is 18.2 Å². The Bertz CT molecular complexity index is 795. The fourth-order valence-electron chi connectivity index (χ4n) is 4.42. The van der Waals surface area contributed by atoms with Crippen molar-refractivity contribution in [3.63, 3.8) is 0 Å². The molecule has 3 aliphatic rings. The standard InChI is InChI=1S/C21H26N2O5/c1-21(2,13-7-8-16-17(11-13)28-10-9-27-16)22-18(24)12-23-19(25)14-5-3-4-6-15(14)20(23)26/h7-8,11,14-15H,3-6,9-10,12H2,1-2H3,(H,22,24). The summed E-state index contributed by atoms with van der Waals surface area (Å²) in [6, 6.07) is 5.57. The number of carbonyl (C=O) groups is 3. The van der Waals surface area contributed by atoms with Gasteiger partial charge in [0.25, 0.3) is 0 Å². The Labute approximate surface area is 164 Å². The number of fused-ring (bicyclic) bond motifs is 2. The lowest BCUT2D eigenvalue weighted by Crippen LogP contribution is -2.47. The van der Waals surface area contributed by atoms with E-state index in [-0.39, 0.29) is 36.1 Å². The quantitative estimate of drug-likeness (QED) is 0.800. The van der Waals surface area contributed by atoms with Crippen molar-refractivity contribution in [2.45, 2.75) is 45.1 Å². The number of likely N-dealkylation sites (tertiary alicyclic amines) is 1. The van der Waals surface area contributed by atoms with Gasteiger partial charge in [0.1, 0.15) is 19.8 Å². The van der Waals surface area contributed by atoms with Gasteiger partial charge in [0.15, 0.2) is 11.5 Å².